The van der Waals surface area contributed by atoms with Crippen molar-refractivity contribution in [3.05, 3.63) is 112 Å². The second kappa shape index (κ2) is 23.0. The van der Waals surface area contributed by atoms with Gasteiger partial charge in [-0.2, -0.15) is 15.2 Å². The number of fused-ring (bicyclic) bond motifs is 4. The summed E-state index contributed by atoms with van der Waals surface area (Å²) in [5.41, 5.74) is 6.75. The Kier molecular flexibility index (Phi) is 15.8. The Labute approximate surface area is 471 Å². The van der Waals surface area contributed by atoms with E-state index in [1.54, 1.807) is 31.2 Å². The van der Waals surface area contributed by atoms with Crippen molar-refractivity contribution in [1.29, 1.82) is 5.26 Å². The summed E-state index contributed by atoms with van der Waals surface area (Å²) < 4.78 is 92.9. The lowest BCUT2D eigenvalue weighted by molar-refractivity contribution is -0.141. The van der Waals surface area contributed by atoms with Crippen LogP contribution in [-0.2, 0) is 9.59 Å². The number of carbonyl (C=O) groups is 2. The molecule has 4 aromatic carbocycles. The maximum atomic E-state index is 17.2. The SMILES string of the molecule is CC(C)[C@@H](C(=O)N1C[C@H](O)C[C@H]1C(=O)N[C@@H](C)c1ccc(-c2c(F)cc(F)cc2F)cc1)c1cc(OCC2CCN(CCOc3nc(N4CC5CCC(C4)N5)c4cc(Cl)c(-c5ccc(F)c6sc(N)c(C#N)c56)c(F)c4n3)CC2)no1. The third-order valence-electron chi connectivity index (χ3n) is 16.0. The van der Waals surface area contributed by atoms with Crippen molar-refractivity contribution in [2.75, 3.05) is 63.1 Å². The van der Waals surface area contributed by atoms with Crippen LogP contribution in [-0.4, -0.2) is 119 Å². The van der Waals surface area contributed by atoms with Crippen LogP contribution < -0.4 is 30.7 Å². The molecule has 2 unspecified atom stereocenters. The van der Waals surface area contributed by atoms with Gasteiger partial charge in [0.1, 0.15) is 64.2 Å². The molecular formula is C58H58ClF5N10O6S. The molecule has 11 rings (SSSR count). The number of nitriles is 1. The first-order valence-corrected chi connectivity index (χ1v) is 28.2. The summed E-state index contributed by atoms with van der Waals surface area (Å²) in [6.45, 7) is 9.19. The molecule has 5 N–H and O–H groups in total. The highest BCUT2D eigenvalue weighted by molar-refractivity contribution is 7.23. The molecular weight excluding hydrogens is 1100 g/mol. The van der Waals surface area contributed by atoms with Crippen LogP contribution in [0.3, 0.4) is 0 Å². The maximum absolute atomic E-state index is 17.2. The van der Waals surface area contributed by atoms with Crippen molar-refractivity contribution in [2.24, 2.45) is 11.8 Å². The van der Waals surface area contributed by atoms with E-state index in [1.807, 2.05) is 19.9 Å². The number of nitrogens with one attached hydrogen (secondary N) is 2. The number of ether oxygens (including phenoxy) is 2. The van der Waals surface area contributed by atoms with Crippen molar-refractivity contribution >= 4 is 66.6 Å². The lowest BCUT2D eigenvalue weighted by atomic mass is 9.91. The zero-order valence-electron chi connectivity index (χ0n) is 44.5. The third kappa shape index (κ3) is 11.2. The Morgan fingerprint density at radius 3 is 2.35 bits per heavy atom. The molecule has 4 aliphatic rings. The summed E-state index contributed by atoms with van der Waals surface area (Å²) in [4.78, 5) is 43.3. The number of rotatable bonds is 16. The highest BCUT2D eigenvalue weighted by atomic mass is 35.5. The number of likely N-dealkylation sites (tertiary alicyclic amines) is 2. The molecule has 2 bridgehead atoms. The maximum Gasteiger partial charge on any atom is 0.319 e. The number of aliphatic hydroxyl groups excluding tert-OH is 1. The summed E-state index contributed by atoms with van der Waals surface area (Å²) in [7, 11) is 0. The van der Waals surface area contributed by atoms with E-state index in [0.29, 0.717) is 55.1 Å². The number of thiophene rings is 1. The number of aromatic nitrogens is 3. The van der Waals surface area contributed by atoms with Gasteiger partial charge in [0.15, 0.2) is 11.6 Å². The number of amides is 2. The monoisotopic (exact) mass is 1150 g/mol. The van der Waals surface area contributed by atoms with Crippen molar-refractivity contribution in [3.8, 4) is 40.2 Å². The Bertz CT molecular complexity index is 3560. The molecule has 16 nitrogen and oxygen atoms in total. The van der Waals surface area contributed by atoms with Gasteiger partial charge in [0.25, 0.3) is 5.88 Å². The quantitative estimate of drug-likeness (QED) is 0.0665. The average Bonchev–Trinajstić information content (AvgIpc) is 4.17. The topological polar surface area (TPSA) is 208 Å². The minimum Gasteiger partial charge on any atom is -0.475 e. The fraction of sp³-hybridized carbons (Fsp3) is 0.414. The number of nitrogens with zero attached hydrogens (tertiary/aromatic N) is 7. The molecule has 4 aliphatic heterocycles. The van der Waals surface area contributed by atoms with E-state index in [-0.39, 0.29) is 115 Å². The normalized spacial score (nSPS) is 20.3. The van der Waals surface area contributed by atoms with E-state index in [4.69, 9.17) is 36.3 Å². The lowest BCUT2D eigenvalue weighted by Crippen LogP contribution is -2.51. The fourth-order valence-corrected chi connectivity index (χ4v) is 13.1. The van der Waals surface area contributed by atoms with Crippen LogP contribution in [0.4, 0.5) is 32.8 Å². The van der Waals surface area contributed by atoms with Gasteiger partial charge in [0.2, 0.25) is 11.8 Å². The Morgan fingerprint density at radius 1 is 0.938 bits per heavy atom. The number of hydrogen-bond acceptors (Lipinski definition) is 15. The minimum atomic E-state index is -1.04. The van der Waals surface area contributed by atoms with Crippen molar-refractivity contribution in [3.63, 3.8) is 0 Å². The van der Waals surface area contributed by atoms with E-state index >= 15 is 8.78 Å². The number of nitrogen functional groups attached to an aromatic ring is 1. The van der Waals surface area contributed by atoms with Crippen LogP contribution in [0.1, 0.15) is 81.7 Å². The minimum absolute atomic E-state index is 0.00601. The number of anilines is 2. The number of piperazine rings is 1. The molecule has 0 aliphatic carbocycles. The molecule has 81 heavy (non-hydrogen) atoms. The van der Waals surface area contributed by atoms with Gasteiger partial charge in [-0.15, -0.1) is 11.3 Å². The molecule has 23 heteroatoms. The average molecular weight is 1150 g/mol. The van der Waals surface area contributed by atoms with Gasteiger partial charge in [-0.3, -0.25) is 14.5 Å². The molecule has 7 aromatic rings. The van der Waals surface area contributed by atoms with Crippen LogP contribution in [0.25, 0.3) is 43.2 Å². The first-order valence-electron chi connectivity index (χ1n) is 27.0. The second-order valence-corrected chi connectivity index (χ2v) is 23.3. The van der Waals surface area contributed by atoms with Crippen LogP contribution >= 0.6 is 22.9 Å². The number of piperidine rings is 1. The van der Waals surface area contributed by atoms with Gasteiger partial charge in [0.05, 0.1) is 39.6 Å². The van der Waals surface area contributed by atoms with E-state index in [2.05, 4.69) is 30.6 Å². The third-order valence-corrected chi connectivity index (χ3v) is 17.4. The van der Waals surface area contributed by atoms with Crippen LogP contribution in [0, 0.1) is 52.3 Å². The molecule has 4 fully saturated rings. The predicted molar refractivity (Wildman–Crippen MR) is 295 cm³/mol. The summed E-state index contributed by atoms with van der Waals surface area (Å²) >= 11 is 7.84. The zero-order chi connectivity index (χ0) is 57.0. The van der Waals surface area contributed by atoms with E-state index in [0.717, 1.165) is 50.1 Å². The molecule has 0 radical (unpaired) electrons. The zero-order valence-corrected chi connectivity index (χ0v) is 46.0. The van der Waals surface area contributed by atoms with Gasteiger partial charge >= 0.3 is 6.01 Å². The highest BCUT2D eigenvalue weighted by Crippen LogP contribution is 2.46. The molecule has 3 aromatic heterocycles. The van der Waals surface area contributed by atoms with Crippen molar-refractivity contribution in [2.45, 2.75) is 89.1 Å². The van der Waals surface area contributed by atoms with Crippen LogP contribution in [0.15, 0.2) is 65.2 Å². The van der Waals surface area contributed by atoms with Gasteiger partial charge in [-0.1, -0.05) is 55.8 Å². The second-order valence-electron chi connectivity index (χ2n) is 21.8. The van der Waals surface area contributed by atoms with Crippen LogP contribution in [0.2, 0.25) is 5.02 Å². The van der Waals surface area contributed by atoms with E-state index in [1.165, 1.54) is 29.2 Å². The summed E-state index contributed by atoms with van der Waals surface area (Å²) in [6, 6.07) is 14.1. The highest BCUT2D eigenvalue weighted by Gasteiger charge is 2.44. The number of carbonyl (C=O) groups excluding carboxylic acids is 2. The number of benzene rings is 4. The molecule has 424 valence electrons. The smallest absolute Gasteiger partial charge is 0.319 e. The molecule has 0 spiro atoms. The van der Waals surface area contributed by atoms with E-state index in [9.17, 15) is 33.1 Å². The number of aliphatic hydroxyl groups is 1. The van der Waals surface area contributed by atoms with Crippen LogP contribution in [0.5, 0.6) is 11.9 Å². The molecule has 6 atom stereocenters. The number of β-amino-alcohol motifs (C(OH)–C–C–N with tert-alkyl or cyclic N) is 1. The molecule has 7 heterocycles. The van der Waals surface area contributed by atoms with Gasteiger partial charge in [-0.25, -0.2) is 22.0 Å². The van der Waals surface area contributed by atoms with Crippen molar-refractivity contribution < 1.29 is 50.6 Å². The first kappa shape index (κ1) is 55.7. The lowest BCUT2D eigenvalue weighted by Gasteiger charge is -2.34. The Morgan fingerprint density at radius 2 is 1.65 bits per heavy atom. The largest absolute Gasteiger partial charge is 0.475 e. The Hall–Kier alpha value is -7.16. The van der Waals surface area contributed by atoms with Gasteiger partial charge in [-0.05, 0) is 91.5 Å². The van der Waals surface area contributed by atoms with Crippen molar-refractivity contribution in [1.82, 2.24) is 35.6 Å². The fourth-order valence-electron chi connectivity index (χ4n) is 11.9. The first-order chi connectivity index (χ1) is 38.9. The summed E-state index contributed by atoms with van der Waals surface area (Å²) in [6.07, 6.45) is 2.66. The molecule has 0 saturated carbocycles. The summed E-state index contributed by atoms with van der Waals surface area (Å²) in [5, 5.41) is 32.1. The predicted octanol–water partition coefficient (Wildman–Crippen LogP) is 9.66. The van der Waals surface area contributed by atoms with Gasteiger partial charge in [0, 0.05) is 79.2 Å². The molecule has 4 saturated heterocycles. The Balaban J connectivity index is 0.703. The number of hydrogen-bond donors (Lipinski definition) is 4. The number of nitrogens with two attached hydrogens (primary N) is 1. The molecule has 2 amide bonds. The van der Waals surface area contributed by atoms with Gasteiger partial charge < -0.3 is 45.3 Å². The summed E-state index contributed by atoms with van der Waals surface area (Å²) in [5.74, 6) is -5.39. The number of halogens is 6. The standard InChI is InChI=1S/C58H58ClF5N10O6S/c1-28(2)47(57(77)74-26-36(75)20-44(74)56(76)67-29(3)31-4-6-32(7-5-31)48-42(62)18-33(60)19-43(48)63)45-22-46(71-80-45)79-27-30-12-14-72(15-13-30)16-17-78-58-69-52-38(55(70-58)73-24-34-8-9-35(25-73)68-34)21-40(59)50(51(52)64)37-10-11-41(61)53-49(37)39(23-65)54(66)81-53/h4-7,10-11,18-19,21-22,28-30,34-36,44,47,68,75H,8-9,12-17,20,24-27,66H2,1-3H3,(H,67,76)/t29-,34?,35?,36+,44-,47+/m0/s1. The van der Waals surface area contributed by atoms with E-state index < -0.39 is 65.0 Å².